The van der Waals surface area contributed by atoms with E-state index in [0.29, 0.717) is 18.3 Å². The van der Waals surface area contributed by atoms with E-state index >= 15 is 0 Å². The van der Waals surface area contributed by atoms with Crippen LogP contribution in [0.15, 0.2) is 29.4 Å². The van der Waals surface area contributed by atoms with Crippen molar-refractivity contribution in [2.45, 2.75) is 24.5 Å². The third-order valence-electron chi connectivity index (χ3n) is 3.75. The third-order valence-corrected chi connectivity index (χ3v) is 4.71. The molecule has 1 saturated heterocycles. The summed E-state index contributed by atoms with van der Waals surface area (Å²) in [5, 5.41) is 9.15. The Morgan fingerprint density at radius 2 is 2.14 bits per heavy atom. The number of nitrogens with two attached hydrogens (primary N) is 1. The molecule has 7 heteroatoms. The average Bonchev–Trinajstić information content (AvgIpc) is 3.18. The van der Waals surface area contributed by atoms with Gasteiger partial charge in [-0.15, -0.1) is 10.2 Å². The second-order valence-corrected chi connectivity index (χ2v) is 6.34. The maximum absolute atomic E-state index is 13.1. The Morgan fingerprint density at radius 1 is 1.32 bits per heavy atom. The van der Waals surface area contributed by atoms with Gasteiger partial charge in [-0.05, 0) is 43.0 Å². The second kappa shape index (κ2) is 7.21. The van der Waals surface area contributed by atoms with Crippen LogP contribution in [0.1, 0.15) is 18.7 Å². The van der Waals surface area contributed by atoms with Gasteiger partial charge in [0.05, 0.1) is 6.54 Å². The summed E-state index contributed by atoms with van der Waals surface area (Å²) in [6, 6.07) is 6.29. The summed E-state index contributed by atoms with van der Waals surface area (Å²) in [4.78, 5) is 0. The molecule has 0 amide bonds. The van der Waals surface area contributed by atoms with Crippen LogP contribution in [0.25, 0.3) is 5.69 Å². The molecule has 0 spiro atoms. The Labute approximate surface area is 133 Å². The fraction of sp³-hybridized carbons (Fsp3) is 0.467. The fourth-order valence-electron chi connectivity index (χ4n) is 2.50. The van der Waals surface area contributed by atoms with Gasteiger partial charge in [-0.25, -0.2) is 4.39 Å². The average molecular weight is 322 g/mol. The Morgan fingerprint density at radius 3 is 2.82 bits per heavy atom. The molecule has 5 nitrogen and oxygen atoms in total. The minimum Gasteiger partial charge on any atom is -0.381 e. The molecule has 2 aromatic rings. The first-order valence-electron chi connectivity index (χ1n) is 7.39. The highest BCUT2D eigenvalue weighted by atomic mass is 32.2. The number of thioether (sulfide) groups is 1. The van der Waals surface area contributed by atoms with E-state index in [0.717, 1.165) is 42.7 Å². The number of ether oxygens (including phenoxy) is 1. The van der Waals surface area contributed by atoms with Crippen LogP contribution < -0.4 is 5.73 Å². The van der Waals surface area contributed by atoms with Crippen LogP contribution in [0.3, 0.4) is 0 Å². The van der Waals surface area contributed by atoms with Crippen LogP contribution >= 0.6 is 11.8 Å². The van der Waals surface area contributed by atoms with Gasteiger partial charge in [0.2, 0.25) is 0 Å². The Kier molecular flexibility index (Phi) is 5.07. The van der Waals surface area contributed by atoms with Crippen LogP contribution in [0, 0.1) is 11.7 Å². The zero-order valence-corrected chi connectivity index (χ0v) is 13.1. The van der Waals surface area contributed by atoms with E-state index in [9.17, 15) is 4.39 Å². The molecule has 1 fully saturated rings. The van der Waals surface area contributed by atoms with Crippen LogP contribution in [0.4, 0.5) is 4.39 Å². The van der Waals surface area contributed by atoms with Crippen LogP contribution in [0.2, 0.25) is 0 Å². The van der Waals surface area contributed by atoms with Gasteiger partial charge in [0.25, 0.3) is 0 Å². The van der Waals surface area contributed by atoms with Gasteiger partial charge in [-0.2, -0.15) is 0 Å². The molecule has 0 aliphatic carbocycles. The smallest absolute Gasteiger partial charge is 0.195 e. The quantitative estimate of drug-likeness (QED) is 0.827. The SMILES string of the molecule is NCc1nnc(SCC[C@@H]2CCOC2)n1-c1ccc(F)cc1. The zero-order valence-electron chi connectivity index (χ0n) is 12.2. The molecule has 0 radical (unpaired) electrons. The molecule has 3 rings (SSSR count). The van der Waals surface area contributed by atoms with Gasteiger partial charge in [0.15, 0.2) is 11.0 Å². The van der Waals surface area contributed by atoms with E-state index in [1.54, 1.807) is 23.9 Å². The van der Waals surface area contributed by atoms with Crippen molar-refractivity contribution < 1.29 is 9.13 Å². The standard InChI is InChI=1S/C15H19FN4OS/c16-12-1-3-13(4-2-12)20-14(9-17)18-19-15(20)22-8-6-11-5-7-21-10-11/h1-4,11H,5-10,17H2/t11-/m0/s1. The largest absolute Gasteiger partial charge is 0.381 e. The van der Waals surface area contributed by atoms with Gasteiger partial charge < -0.3 is 10.5 Å². The number of rotatable bonds is 6. The van der Waals surface area contributed by atoms with Crippen molar-refractivity contribution in [3.63, 3.8) is 0 Å². The molecule has 1 aliphatic heterocycles. The minimum atomic E-state index is -0.262. The summed E-state index contributed by atoms with van der Waals surface area (Å²) >= 11 is 1.65. The molecular formula is C15H19FN4OS. The molecule has 2 heterocycles. The molecule has 1 aliphatic rings. The van der Waals surface area contributed by atoms with Crippen LogP contribution in [0.5, 0.6) is 0 Å². The molecule has 0 saturated carbocycles. The van der Waals surface area contributed by atoms with E-state index < -0.39 is 0 Å². The fourth-order valence-corrected chi connectivity index (χ4v) is 3.58. The van der Waals surface area contributed by atoms with Crippen molar-refractivity contribution in [2.75, 3.05) is 19.0 Å². The van der Waals surface area contributed by atoms with Crippen molar-refractivity contribution in [1.82, 2.24) is 14.8 Å². The lowest BCUT2D eigenvalue weighted by molar-refractivity contribution is 0.185. The summed E-state index contributed by atoms with van der Waals surface area (Å²) in [7, 11) is 0. The van der Waals surface area contributed by atoms with E-state index in [2.05, 4.69) is 10.2 Å². The van der Waals surface area contributed by atoms with Gasteiger partial charge in [0.1, 0.15) is 5.82 Å². The van der Waals surface area contributed by atoms with Crippen LogP contribution in [-0.4, -0.2) is 33.7 Å². The summed E-state index contributed by atoms with van der Waals surface area (Å²) in [5.41, 5.74) is 6.57. The lowest BCUT2D eigenvalue weighted by atomic mass is 10.1. The maximum atomic E-state index is 13.1. The number of halogens is 1. The van der Waals surface area contributed by atoms with Crippen LogP contribution in [-0.2, 0) is 11.3 Å². The van der Waals surface area contributed by atoms with E-state index in [1.807, 2.05) is 4.57 Å². The van der Waals surface area contributed by atoms with Crippen molar-refractivity contribution in [3.8, 4) is 5.69 Å². The lowest BCUT2D eigenvalue weighted by Gasteiger charge is -2.10. The number of benzene rings is 1. The monoisotopic (exact) mass is 322 g/mol. The Hall–Kier alpha value is -1.44. The number of hydrogen-bond acceptors (Lipinski definition) is 5. The first-order valence-corrected chi connectivity index (χ1v) is 8.37. The topological polar surface area (TPSA) is 66.0 Å². The molecule has 0 unspecified atom stereocenters. The maximum Gasteiger partial charge on any atom is 0.195 e. The minimum absolute atomic E-state index is 0.262. The van der Waals surface area contributed by atoms with E-state index in [4.69, 9.17) is 10.5 Å². The Balaban J connectivity index is 1.73. The third kappa shape index (κ3) is 3.48. The highest BCUT2D eigenvalue weighted by Gasteiger charge is 2.17. The number of nitrogens with zero attached hydrogens (tertiary/aromatic N) is 3. The molecule has 22 heavy (non-hydrogen) atoms. The molecule has 118 valence electrons. The highest BCUT2D eigenvalue weighted by molar-refractivity contribution is 7.99. The predicted molar refractivity (Wildman–Crippen MR) is 83.5 cm³/mol. The first-order chi connectivity index (χ1) is 10.8. The predicted octanol–water partition coefficient (Wildman–Crippen LogP) is 2.38. The summed E-state index contributed by atoms with van der Waals surface area (Å²) in [5.74, 6) is 2.02. The van der Waals surface area contributed by atoms with Gasteiger partial charge in [-0.3, -0.25) is 4.57 Å². The second-order valence-electron chi connectivity index (χ2n) is 5.28. The van der Waals surface area contributed by atoms with Crippen molar-refractivity contribution in [3.05, 3.63) is 35.9 Å². The molecule has 1 aromatic heterocycles. The number of hydrogen-bond donors (Lipinski definition) is 1. The van der Waals surface area contributed by atoms with Gasteiger partial charge in [-0.1, -0.05) is 11.8 Å². The Bertz CT molecular complexity index is 611. The molecule has 1 atom stereocenters. The zero-order chi connectivity index (χ0) is 15.4. The lowest BCUT2D eigenvalue weighted by Crippen LogP contribution is -2.08. The molecule has 2 N–H and O–H groups in total. The van der Waals surface area contributed by atoms with E-state index in [1.165, 1.54) is 12.1 Å². The summed E-state index contributed by atoms with van der Waals surface area (Å²) in [6.07, 6.45) is 2.23. The van der Waals surface area contributed by atoms with E-state index in [-0.39, 0.29) is 5.82 Å². The molecular weight excluding hydrogens is 303 g/mol. The summed E-state index contributed by atoms with van der Waals surface area (Å²) < 4.78 is 20.4. The first kappa shape index (κ1) is 15.5. The van der Waals surface area contributed by atoms with Gasteiger partial charge >= 0.3 is 0 Å². The highest BCUT2D eigenvalue weighted by Crippen LogP contribution is 2.25. The number of aromatic nitrogens is 3. The van der Waals surface area contributed by atoms with Crippen molar-refractivity contribution in [2.24, 2.45) is 11.7 Å². The molecule has 0 bridgehead atoms. The normalized spacial score (nSPS) is 18.0. The van der Waals surface area contributed by atoms with Crippen molar-refractivity contribution in [1.29, 1.82) is 0 Å². The molecule has 1 aromatic carbocycles. The van der Waals surface area contributed by atoms with Gasteiger partial charge in [0, 0.05) is 24.7 Å². The summed E-state index contributed by atoms with van der Waals surface area (Å²) in [6.45, 7) is 2.03. The van der Waals surface area contributed by atoms with Crippen molar-refractivity contribution >= 4 is 11.8 Å².